The predicted octanol–water partition coefficient (Wildman–Crippen LogP) is 3.28. The molecule has 0 N–H and O–H groups in total. The van der Waals surface area contributed by atoms with Crippen LogP contribution in [0.5, 0.6) is 0 Å². The minimum atomic E-state index is -0.776. The number of hydrogen-bond acceptors (Lipinski definition) is 5. The number of nitro benzene ring substituents is 1. The maximum Gasteiger partial charge on any atom is 0.279 e. The molecule has 10 heteroatoms. The van der Waals surface area contributed by atoms with Crippen molar-refractivity contribution in [2.45, 2.75) is 6.54 Å². The van der Waals surface area contributed by atoms with E-state index in [0.29, 0.717) is 0 Å². The van der Waals surface area contributed by atoms with Crippen molar-refractivity contribution < 1.29 is 23.2 Å². The lowest BCUT2D eigenvalue weighted by molar-refractivity contribution is -0.384. The number of halogens is 2. The van der Waals surface area contributed by atoms with Gasteiger partial charge in [0.15, 0.2) is 10.6 Å². The standard InChI is InChI=1S/C17H13F2N3O4S/c1-26-6-5-21-15-13(19)8-11(18)9-14(15)27-17(21)20-16(23)10-3-2-4-12(7-10)22(24)25/h2-4,7-9H,5-6H2,1H3. The number of ether oxygens (including phenoxy) is 1. The van der Waals surface area contributed by atoms with Gasteiger partial charge in [0.25, 0.3) is 11.6 Å². The molecule has 0 aliphatic carbocycles. The van der Waals surface area contributed by atoms with Crippen molar-refractivity contribution >= 4 is 33.1 Å². The third-order valence-corrected chi connectivity index (χ3v) is 4.74. The number of fused-ring (bicyclic) bond motifs is 1. The molecule has 0 radical (unpaired) electrons. The number of benzene rings is 2. The molecule has 0 spiro atoms. The number of aromatic nitrogens is 1. The topological polar surface area (TPSA) is 86.7 Å². The minimum Gasteiger partial charge on any atom is -0.383 e. The first-order valence-electron chi connectivity index (χ1n) is 7.71. The van der Waals surface area contributed by atoms with E-state index in [0.717, 1.165) is 29.5 Å². The molecular formula is C17H13F2N3O4S. The van der Waals surface area contributed by atoms with E-state index in [1.807, 2.05) is 0 Å². The summed E-state index contributed by atoms with van der Waals surface area (Å²) in [4.78, 5) is 26.8. The van der Waals surface area contributed by atoms with Gasteiger partial charge in [-0.1, -0.05) is 17.4 Å². The molecule has 1 amide bonds. The van der Waals surface area contributed by atoms with Crippen molar-refractivity contribution in [2.75, 3.05) is 13.7 Å². The van der Waals surface area contributed by atoms with Gasteiger partial charge in [-0.05, 0) is 12.1 Å². The van der Waals surface area contributed by atoms with Gasteiger partial charge in [0, 0.05) is 37.4 Å². The molecule has 0 saturated carbocycles. The van der Waals surface area contributed by atoms with Crippen LogP contribution in [0.15, 0.2) is 41.4 Å². The zero-order valence-electron chi connectivity index (χ0n) is 14.0. The molecular weight excluding hydrogens is 380 g/mol. The molecule has 0 saturated heterocycles. The first-order chi connectivity index (χ1) is 12.9. The molecule has 0 fully saturated rings. The molecule has 0 aliphatic rings. The highest BCUT2D eigenvalue weighted by Crippen LogP contribution is 2.22. The first kappa shape index (κ1) is 18.8. The van der Waals surface area contributed by atoms with Crippen molar-refractivity contribution in [1.29, 1.82) is 0 Å². The number of carbonyl (C=O) groups is 1. The van der Waals surface area contributed by atoms with Crippen LogP contribution in [0.25, 0.3) is 10.2 Å². The number of nitro groups is 1. The Morgan fingerprint density at radius 2 is 2.11 bits per heavy atom. The second-order valence-corrected chi connectivity index (χ2v) is 6.50. The highest BCUT2D eigenvalue weighted by atomic mass is 32.1. The maximum absolute atomic E-state index is 14.3. The van der Waals surface area contributed by atoms with Crippen LogP contribution in [0.1, 0.15) is 10.4 Å². The number of methoxy groups -OCH3 is 1. The Labute approximate surface area is 155 Å². The quantitative estimate of drug-likeness (QED) is 0.492. The van der Waals surface area contributed by atoms with Crippen molar-refractivity contribution in [2.24, 2.45) is 4.99 Å². The first-order valence-corrected chi connectivity index (χ1v) is 8.53. The van der Waals surface area contributed by atoms with E-state index in [4.69, 9.17) is 4.74 Å². The van der Waals surface area contributed by atoms with Gasteiger partial charge in [-0.15, -0.1) is 0 Å². The van der Waals surface area contributed by atoms with Gasteiger partial charge in [0.2, 0.25) is 0 Å². The number of hydrogen-bond donors (Lipinski definition) is 0. The lowest BCUT2D eigenvalue weighted by Gasteiger charge is -2.05. The van der Waals surface area contributed by atoms with Gasteiger partial charge >= 0.3 is 0 Å². The van der Waals surface area contributed by atoms with Crippen LogP contribution in [0.2, 0.25) is 0 Å². The fraction of sp³-hybridized carbons (Fsp3) is 0.176. The van der Waals surface area contributed by atoms with Crippen molar-refractivity contribution in [1.82, 2.24) is 4.57 Å². The van der Waals surface area contributed by atoms with Crippen LogP contribution in [-0.2, 0) is 11.3 Å². The lowest BCUT2D eigenvalue weighted by atomic mass is 10.2. The maximum atomic E-state index is 14.3. The number of nitrogens with zero attached hydrogens (tertiary/aromatic N) is 3. The van der Waals surface area contributed by atoms with Gasteiger partial charge < -0.3 is 9.30 Å². The molecule has 7 nitrogen and oxygen atoms in total. The van der Waals surface area contributed by atoms with Crippen molar-refractivity contribution in [3.8, 4) is 0 Å². The highest BCUT2D eigenvalue weighted by Gasteiger charge is 2.15. The second-order valence-electron chi connectivity index (χ2n) is 5.49. The zero-order valence-corrected chi connectivity index (χ0v) is 14.8. The van der Waals surface area contributed by atoms with Crippen LogP contribution >= 0.6 is 11.3 Å². The van der Waals surface area contributed by atoms with Crippen molar-refractivity contribution in [3.63, 3.8) is 0 Å². The van der Waals surface area contributed by atoms with Gasteiger partial charge in [-0.25, -0.2) is 8.78 Å². The largest absolute Gasteiger partial charge is 0.383 e. The molecule has 0 bridgehead atoms. The van der Waals surface area contributed by atoms with E-state index >= 15 is 0 Å². The lowest BCUT2D eigenvalue weighted by Crippen LogP contribution is -2.20. The summed E-state index contributed by atoms with van der Waals surface area (Å²) in [6.07, 6.45) is 0. The summed E-state index contributed by atoms with van der Waals surface area (Å²) in [5.74, 6) is -2.24. The van der Waals surface area contributed by atoms with Crippen LogP contribution in [0.4, 0.5) is 14.5 Å². The third kappa shape index (κ3) is 3.91. The second kappa shape index (κ2) is 7.72. The Bertz CT molecular complexity index is 1110. The fourth-order valence-electron chi connectivity index (χ4n) is 2.51. The minimum absolute atomic E-state index is 0.0200. The zero-order chi connectivity index (χ0) is 19.6. The molecule has 27 heavy (non-hydrogen) atoms. The van der Waals surface area contributed by atoms with Crippen LogP contribution in [0.3, 0.4) is 0 Å². The molecule has 0 unspecified atom stereocenters. The molecule has 0 atom stereocenters. The monoisotopic (exact) mass is 393 g/mol. The Morgan fingerprint density at radius 1 is 1.33 bits per heavy atom. The number of rotatable bonds is 5. The summed E-state index contributed by atoms with van der Waals surface area (Å²) >= 11 is 0.942. The van der Waals surface area contributed by atoms with Crippen LogP contribution < -0.4 is 4.80 Å². The van der Waals surface area contributed by atoms with E-state index in [1.54, 1.807) is 0 Å². The van der Waals surface area contributed by atoms with Gasteiger partial charge in [0.1, 0.15) is 5.82 Å². The molecule has 1 aromatic heterocycles. The Kier molecular flexibility index (Phi) is 5.38. The Balaban J connectivity index is 2.14. The molecule has 2 aromatic carbocycles. The van der Waals surface area contributed by atoms with E-state index in [1.165, 1.54) is 29.9 Å². The van der Waals surface area contributed by atoms with E-state index in [9.17, 15) is 23.7 Å². The molecule has 140 valence electrons. The number of amides is 1. The number of carbonyl (C=O) groups excluding carboxylic acids is 1. The average molecular weight is 393 g/mol. The summed E-state index contributed by atoms with van der Waals surface area (Å²) in [7, 11) is 1.47. The molecule has 0 aliphatic heterocycles. The van der Waals surface area contributed by atoms with Gasteiger partial charge in [0.05, 0.1) is 21.7 Å². The third-order valence-electron chi connectivity index (χ3n) is 3.72. The normalized spacial score (nSPS) is 11.9. The van der Waals surface area contributed by atoms with E-state index in [-0.39, 0.29) is 39.4 Å². The summed E-state index contributed by atoms with van der Waals surface area (Å²) in [6.45, 7) is 0.418. The SMILES string of the molecule is COCCn1c(=NC(=O)c2cccc([N+](=O)[O-])c2)sc2cc(F)cc(F)c21. The van der Waals surface area contributed by atoms with Crippen LogP contribution in [-0.4, -0.2) is 29.1 Å². The predicted molar refractivity (Wildman–Crippen MR) is 94.6 cm³/mol. The van der Waals surface area contributed by atoms with Gasteiger partial charge in [-0.2, -0.15) is 4.99 Å². The summed E-state index contributed by atoms with van der Waals surface area (Å²) in [6, 6.07) is 7.05. The van der Waals surface area contributed by atoms with E-state index in [2.05, 4.69) is 4.99 Å². The average Bonchev–Trinajstić information content (AvgIpc) is 2.97. The molecule has 1 heterocycles. The van der Waals surface area contributed by atoms with Crippen molar-refractivity contribution in [3.05, 3.63) is 68.5 Å². The number of non-ortho nitro benzene ring substituents is 1. The fourth-order valence-corrected chi connectivity index (χ4v) is 3.60. The van der Waals surface area contributed by atoms with E-state index < -0.39 is 22.5 Å². The van der Waals surface area contributed by atoms with Crippen LogP contribution in [0, 0.1) is 21.7 Å². The summed E-state index contributed by atoms with van der Waals surface area (Å²) in [5, 5.41) is 10.9. The smallest absolute Gasteiger partial charge is 0.279 e. The Morgan fingerprint density at radius 3 is 2.81 bits per heavy atom. The number of thiazole rings is 1. The van der Waals surface area contributed by atoms with Gasteiger partial charge in [-0.3, -0.25) is 14.9 Å². The summed E-state index contributed by atoms with van der Waals surface area (Å²) < 4.78 is 34.5. The Hall–Kier alpha value is -2.98. The summed E-state index contributed by atoms with van der Waals surface area (Å²) in [5.41, 5.74) is -0.108. The highest BCUT2D eigenvalue weighted by molar-refractivity contribution is 7.16. The molecule has 3 aromatic rings. The molecule has 3 rings (SSSR count).